The number of hydrogen-bond donors (Lipinski definition) is 0. The molecular weight excluding hydrogens is 405 g/mol. The van der Waals surface area contributed by atoms with E-state index in [0.29, 0.717) is 12.6 Å². The standard InChI is InChI=1S/C26H34FN3O2/c1-19-25(26(31)30-15-9-22(10-16-30)29-12-3-2-4-13-29)23-18-28(14-11-24(23)32-19)17-20-5-7-21(27)8-6-20/h5-8,22H,2-4,9-18H2,1H3. The quantitative estimate of drug-likeness (QED) is 0.709. The number of carbonyl (C=O) groups excluding carboxylic acids is 1. The van der Waals surface area contributed by atoms with Gasteiger partial charge in [0.2, 0.25) is 0 Å². The Balaban J connectivity index is 1.25. The van der Waals surface area contributed by atoms with Gasteiger partial charge >= 0.3 is 0 Å². The number of likely N-dealkylation sites (tertiary alicyclic amines) is 2. The van der Waals surface area contributed by atoms with Crippen molar-refractivity contribution in [2.75, 3.05) is 32.7 Å². The second-order valence-corrected chi connectivity index (χ2v) is 9.64. The summed E-state index contributed by atoms with van der Waals surface area (Å²) in [6, 6.07) is 7.32. The number of carbonyl (C=O) groups is 1. The maximum Gasteiger partial charge on any atom is 0.257 e. The van der Waals surface area contributed by atoms with E-state index in [9.17, 15) is 9.18 Å². The number of piperidine rings is 2. The van der Waals surface area contributed by atoms with Crippen LogP contribution in [0.5, 0.6) is 0 Å². The highest BCUT2D eigenvalue weighted by Gasteiger charge is 2.33. The van der Waals surface area contributed by atoms with Crippen LogP contribution >= 0.6 is 0 Å². The first-order valence-electron chi connectivity index (χ1n) is 12.2. The molecule has 0 aliphatic carbocycles. The number of fused-ring (bicyclic) bond motifs is 1. The van der Waals surface area contributed by atoms with Gasteiger partial charge in [0.25, 0.3) is 5.91 Å². The Hall–Kier alpha value is -2.18. The monoisotopic (exact) mass is 439 g/mol. The van der Waals surface area contributed by atoms with Gasteiger partial charge in [0.05, 0.1) is 5.56 Å². The summed E-state index contributed by atoms with van der Waals surface area (Å²) in [5.41, 5.74) is 2.92. The average molecular weight is 440 g/mol. The highest BCUT2D eigenvalue weighted by atomic mass is 19.1. The Morgan fingerprint density at radius 1 is 1.03 bits per heavy atom. The van der Waals surface area contributed by atoms with Gasteiger partial charge in [0, 0.05) is 50.7 Å². The maximum absolute atomic E-state index is 13.5. The zero-order valence-corrected chi connectivity index (χ0v) is 19.1. The SMILES string of the molecule is Cc1oc2c(c1C(=O)N1CCC(N3CCCCC3)CC1)CN(Cc1ccc(F)cc1)CC2. The molecule has 2 saturated heterocycles. The van der Waals surface area contributed by atoms with Crippen LogP contribution in [0.15, 0.2) is 28.7 Å². The third-order valence-corrected chi connectivity index (χ3v) is 7.50. The van der Waals surface area contributed by atoms with E-state index in [1.54, 1.807) is 0 Å². The summed E-state index contributed by atoms with van der Waals surface area (Å²) in [7, 11) is 0. The molecule has 4 heterocycles. The number of benzene rings is 1. The molecule has 1 amide bonds. The Morgan fingerprint density at radius 2 is 1.75 bits per heavy atom. The zero-order valence-electron chi connectivity index (χ0n) is 19.1. The number of halogens is 1. The molecule has 0 spiro atoms. The minimum atomic E-state index is -0.211. The Kier molecular flexibility index (Phi) is 6.33. The fourth-order valence-electron chi connectivity index (χ4n) is 5.72. The first kappa shape index (κ1) is 21.7. The number of amides is 1. The van der Waals surface area contributed by atoms with Crippen molar-refractivity contribution in [1.29, 1.82) is 0 Å². The maximum atomic E-state index is 13.5. The molecule has 1 aromatic heterocycles. The summed E-state index contributed by atoms with van der Waals surface area (Å²) in [5, 5.41) is 0. The van der Waals surface area contributed by atoms with Crippen LogP contribution < -0.4 is 0 Å². The van der Waals surface area contributed by atoms with Gasteiger partial charge in [-0.2, -0.15) is 0 Å². The zero-order chi connectivity index (χ0) is 22.1. The molecule has 2 aromatic rings. The predicted molar refractivity (Wildman–Crippen MR) is 122 cm³/mol. The first-order valence-corrected chi connectivity index (χ1v) is 12.2. The highest BCUT2D eigenvalue weighted by molar-refractivity contribution is 5.97. The molecule has 2 fully saturated rings. The summed E-state index contributed by atoms with van der Waals surface area (Å²) in [4.78, 5) is 20.5. The minimum absolute atomic E-state index is 0.133. The fourth-order valence-corrected chi connectivity index (χ4v) is 5.72. The third-order valence-electron chi connectivity index (χ3n) is 7.50. The highest BCUT2D eigenvalue weighted by Crippen LogP contribution is 2.31. The van der Waals surface area contributed by atoms with Crippen molar-refractivity contribution in [2.45, 2.75) is 64.6 Å². The molecule has 6 heteroatoms. The number of aryl methyl sites for hydroxylation is 1. The van der Waals surface area contributed by atoms with Crippen LogP contribution in [0.1, 0.15) is 65.1 Å². The number of furan rings is 1. The molecule has 5 rings (SSSR count). The lowest BCUT2D eigenvalue weighted by Crippen LogP contribution is -2.48. The Labute approximate surface area is 190 Å². The van der Waals surface area contributed by atoms with Crippen molar-refractivity contribution < 1.29 is 13.6 Å². The molecular formula is C26H34FN3O2. The molecule has 0 bridgehead atoms. The lowest BCUT2D eigenvalue weighted by Gasteiger charge is -2.40. The van der Waals surface area contributed by atoms with Crippen LogP contribution in [0, 0.1) is 12.7 Å². The molecule has 0 unspecified atom stereocenters. The summed E-state index contributed by atoms with van der Waals surface area (Å²) in [6.07, 6.45) is 6.93. The summed E-state index contributed by atoms with van der Waals surface area (Å²) < 4.78 is 19.3. The molecule has 0 atom stereocenters. The normalized spacial score (nSPS) is 21.0. The van der Waals surface area contributed by atoms with Gasteiger partial charge in [-0.3, -0.25) is 9.69 Å². The van der Waals surface area contributed by atoms with Crippen LogP contribution in [0.25, 0.3) is 0 Å². The number of hydrogen-bond acceptors (Lipinski definition) is 4. The van der Waals surface area contributed by atoms with Gasteiger partial charge in [-0.15, -0.1) is 0 Å². The van der Waals surface area contributed by atoms with E-state index in [0.717, 1.165) is 73.7 Å². The smallest absolute Gasteiger partial charge is 0.257 e. The minimum Gasteiger partial charge on any atom is -0.465 e. The van der Waals surface area contributed by atoms with Crippen LogP contribution in [0.4, 0.5) is 4.39 Å². The van der Waals surface area contributed by atoms with Crippen molar-refractivity contribution in [3.05, 3.63) is 58.3 Å². The van der Waals surface area contributed by atoms with Crippen molar-refractivity contribution >= 4 is 5.91 Å². The lowest BCUT2D eigenvalue weighted by molar-refractivity contribution is 0.0586. The molecule has 3 aliphatic heterocycles. The molecule has 0 radical (unpaired) electrons. The van der Waals surface area contributed by atoms with Crippen molar-refractivity contribution in [3.8, 4) is 0 Å². The van der Waals surface area contributed by atoms with Gasteiger partial charge in [-0.05, 0) is 63.4 Å². The van der Waals surface area contributed by atoms with E-state index in [-0.39, 0.29) is 11.7 Å². The third kappa shape index (κ3) is 4.48. The lowest BCUT2D eigenvalue weighted by atomic mass is 9.97. The summed E-state index contributed by atoms with van der Waals surface area (Å²) in [6.45, 7) is 8.36. The van der Waals surface area contributed by atoms with E-state index in [2.05, 4.69) is 9.80 Å². The van der Waals surface area contributed by atoms with Crippen molar-refractivity contribution in [3.63, 3.8) is 0 Å². The van der Waals surface area contributed by atoms with E-state index in [1.165, 1.54) is 44.5 Å². The van der Waals surface area contributed by atoms with E-state index in [1.807, 2.05) is 24.0 Å². The van der Waals surface area contributed by atoms with Crippen molar-refractivity contribution in [1.82, 2.24) is 14.7 Å². The van der Waals surface area contributed by atoms with Crippen molar-refractivity contribution in [2.24, 2.45) is 0 Å². The van der Waals surface area contributed by atoms with E-state index < -0.39 is 0 Å². The van der Waals surface area contributed by atoms with Gasteiger partial charge in [0.1, 0.15) is 17.3 Å². The molecule has 32 heavy (non-hydrogen) atoms. The fraction of sp³-hybridized carbons (Fsp3) is 0.577. The topological polar surface area (TPSA) is 39.9 Å². The summed E-state index contributed by atoms with van der Waals surface area (Å²) in [5.74, 6) is 1.64. The van der Waals surface area contributed by atoms with Crippen LogP contribution in [-0.2, 0) is 19.5 Å². The number of nitrogens with zero attached hydrogens (tertiary/aromatic N) is 3. The second-order valence-electron chi connectivity index (χ2n) is 9.64. The molecule has 1 aromatic carbocycles. The van der Waals surface area contributed by atoms with Crippen LogP contribution in [-0.4, -0.2) is 59.4 Å². The largest absolute Gasteiger partial charge is 0.465 e. The first-order chi connectivity index (χ1) is 15.6. The Bertz CT molecular complexity index is 941. The molecule has 5 nitrogen and oxygen atoms in total. The predicted octanol–water partition coefficient (Wildman–Crippen LogP) is 4.38. The molecule has 0 N–H and O–H groups in total. The van der Waals surface area contributed by atoms with Gasteiger partial charge in [-0.25, -0.2) is 4.39 Å². The molecule has 0 saturated carbocycles. The number of rotatable bonds is 4. The molecule has 172 valence electrons. The van der Waals surface area contributed by atoms with Gasteiger partial charge < -0.3 is 14.2 Å². The van der Waals surface area contributed by atoms with E-state index in [4.69, 9.17) is 4.42 Å². The van der Waals surface area contributed by atoms with Crippen LogP contribution in [0.2, 0.25) is 0 Å². The Morgan fingerprint density at radius 3 is 2.47 bits per heavy atom. The average Bonchev–Trinajstić information content (AvgIpc) is 3.16. The van der Waals surface area contributed by atoms with Gasteiger partial charge in [0.15, 0.2) is 0 Å². The van der Waals surface area contributed by atoms with E-state index >= 15 is 0 Å². The van der Waals surface area contributed by atoms with Gasteiger partial charge in [-0.1, -0.05) is 18.6 Å². The second kappa shape index (κ2) is 9.36. The summed E-state index contributed by atoms with van der Waals surface area (Å²) >= 11 is 0. The molecule has 3 aliphatic rings. The van der Waals surface area contributed by atoms with Crippen LogP contribution in [0.3, 0.4) is 0 Å².